The number of fused-ring (bicyclic) bond motifs is 12. The van der Waals surface area contributed by atoms with E-state index in [0.717, 1.165) is 51.9 Å². The number of benzene rings is 8. The lowest BCUT2D eigenvalue weighted by molar-refractivity contribution is 0.364. The molecule has 0 aromatic heterocycles. The Morgan fingerprint density at radius 2 is 0.870 bits per heavy atom. The van der Waals surface area contributed by atoms with Crippen molar-refractivity contribution in [2.24, 2.45) is 0 Å². The van der Waals surface area contributed by atoms with Gasteiger partial charge in [0.1, 0.15) is 0 Å². The molecule has 6 aliphatic heterocycles. The van der Waals surface area contributed by atoms with Crippen LogP contribution in [-0.4, -0.2) is 39.6 Å². The molecule has 54 heavy (non-hydrogen) atoms. The van der Waals surface area contributed by atoms with Crippen LogP contribution in [0.15, 0.2) is 121 Å². The molecule has 0 atom stereocenters. The van der Waals surface area contributed by atoms with Gasteiger partial charge in [-0.1, -0.05) is 148 Å². The van der Waals surface area contributed by atoms with Gasteiger partial charge in [-0.3, -0.25) is 0 Å². The summed E-state index contributed by atoms with van der Waals surface area (Å²) < 4.78 is 0. The smallest absolute Gasteiger partial charge is 0.243 e. The van der Waals surface area contributed by atoms with Crippen LogP contribution in [0.1, 0.15) is 47.9 Å². The number of hydrogen-bond donors (Lipinski definition) is 2. The molecule has 0 bridgehead atoms. The highest BCUT2D eigenvalue weighted by molar-refractivity contribution is 7.01. The summed E-state index contributed by atoms with van der Waals surface area (Å²) in [7, 11) is 0. The van der Waals surface area contributed by atoms with Crippen LogP contribution in [0.3, 0.4) is 0 Å². The van der Waals surface area contributed by atoms with Gasteiger partial charge in [0.25, 0.3) is 0 Å². The highest BCUT2D eigenvalue weighted by atomic mass is 14.9. The molecule has 0 amide bonds. The second kappa shape index (κ2) is 9.93. The van der Waals surface area contributed by atoms with E-state index in [1.54, 1.807) is 33.2 Å². The molecule has 254 valence electrons. The van der Waals surface area contributed by atoms with Crippen molar-refractivity contribution in [3.8, 4) is 22.3 Å². The van der Waals surface area contributed by atoms with Gasteiger partial charge in [0.2, 0.25) is 13.4 Å². The van der Waals surface area contributed by atoms with Crippen LogP contribution in [0, 0.1) is 0 Å². The number of rotatable bonds is 0. The first-order chi connectivity index (χ1) is 26.8. The van der Waals surface area contributed by atoms with E-state index < -0.39 is 0 Å². The minimum absolute atomic E-state index is 0.0640. The molecule has 2 spiro atoms. The summed E-state index contributed by atoms with van der Waals surface area (Å²) in [6.07, 6.45) is 4.60. The van der Waals surface area contributed by atoms with E-state index in [2.05, 4.69) is 132 Å². The number of piperidine rings is 2. The van der Waals surface area contributed by atoms with E-state index in [1.807, 2.05) is 0 Å². The van der Waals surface area contributed by atoms with E-state index in [4.69, 9.17) is 0 Å². The second-order valence-electron chi connectivity index (χ2n) is 17.3. The van der Waals surface area contributed by atoms with E-state index >= 15 is 0 Å². The van der Waals surface area contributed by atoms with Crippen molar-refractivity contribution >= 4 is 78.5 Å². The highest BCUT2D eigenvalue weighted by Crippen LogP contribution is 2.50. The molecule has 4 heteroatoms. The van der Waals surface area contributed by atoms with Crippen molar-refractivity contribution in [2.75, 3.05) is 26.2 Å². The predicted octanol–water partition coefficient (Wildman–Crippen LogP) is 5.54. The van der Waals surface area contributed by atoms with E-state index in [9.17, 15) is 0 Å². The first-order valence-corrected chi connectivity index (χ1v) is 20.4. The van der Waals surface area contributed by atoms with Gasteiger partial charge >= 0.3 is 0 Å². The van der Waals surface area contributed by atoms with Crippen LogP contribution >= 0.6 is 0 Å². The van der Waals surface area contributed by atoms with Crippen molar-refractivity contribution in [3.63, 3.8) is 0 Å². The molecule has 0 radical (unpaired) electrons. The van der Waals surface area contributed by atoms with Gasteiger partial charge in [0.15, 0.2) is 0 Å². The zero-order valence-corrected chi connectivity index (χ0v) is 30.4. The fourth-order valence-electron chi connectivity index (χ4n) is 13.5. The average molecular weight is 688 g/mol. The summed E-state index contributed by atoms with van der Waals surface area (Å²) in [6, 6.07) is 48.8. The Morgan fingerprint density at radius 1 is 0.370 bits per heavy atom. The zero-order valence-electron chi connectivity index (χ0n) is 30.4. The molecule has 0 unspecified atom stereocenters. The number of hydrogen-bond acceptors (Lipinski definition) is 2. The lowest BCUT2D eigenvalue weighted by Crippen LogP contribution is -2.64. The standard InChI is InChI=1S/C50H38B2N2/c1-3-13-39-35(9-1)49(19-23-53-24-20-49)38-12-6-8-33-34-27-29-15-17-31-32-7-5-11-37-47(32)52(40-14-4-2-10-36(40)50(37)21-25-54-26-22-50)42-28-30-16-18-41(51(39)48(33)38)46(34)44(30)43(29)45(31)42/h1-18,27-28,53-54H,19-26H2. The molecule has 14 rings (SSSR count). The summed E-state index contributed by atoms with van der Waals surface area (Å²) in [6.45, 7) is 4.74. The third-order valence-electron chi connectivity index (χ3n) is 15.4. The molecule has 6 aliphatic rings. The first kappa shape index (κ1) is 29.2. The third-order valence-corrected chi connectivity index (χ3v) is 15.4. The molecule has 0 saturated carbocycles. The quantitative estimate of drug-likeness (QED) is 0.162. The van der Waals surface area contributed by atoms with E-state index in [0.29, 0.717) is 0 Å². The maximum Gasteiger partial charge on any atom is 0.243 e. The monoisotopic (exact) mass is 688 g/mol. The van der Waals surface area contributed by atoms with E-state index in [-0.39, 0.29) is 24.3 Å². The lowest BCUT2D eigenvalue weighted by Gasteiger charge is -2.48. The second-order valence-corrected chi connectivity index (χ2v) is 17.3. The van der Waals surface area contributed by atoms with Crippen molar-refractivity contribution < 1.29 is 0 Å². The van der Waals surface area contributed by atoms with Crippen molar-refractivity contribution in [2.45, 2.75) is 36.5 Å². The third kappa shape index (κ3) is 3.22. The topological polar surface area (TPSA) is 24.1 Å². The van der Waals surface area contributed by atoms with Crippen LogP contribution in [0.25, 0.3) is 54.6 Å². The maximum atomic E-state index is 3.69. The van der Waals surface area contributed by atoms with Gasteiger partial charge in [-0.2, -0.15) is 0 Å². The first-order valence-electron chi connectivity index (χ1n) is 20.4. The Bertz CT molecular complexity index is 2980. The molecule has 2 saturated heterocycles. The van der Waals surface area contributed by atoms with Gasteiger partial charge in [0, 0.05) is 10.8 Å². The fourth-order valence-corrected chi connectivity index (χ4v) is 13.5. The Labute approximate surface area is 316 Å². The Morgan fingerprint density at radius 3 is 1.50 bits per heavy atom. The largest absolute Gasteiger partial charge is 0.317 e. The van der Waals surface area contributed by atoms with Gasteiger partial charge in [-0.15, -0.1) is 0 Å². The van der Waals surface area contributed by atoms with Crippen LogP contribution < -0.4 is 43.4 Å². The highest BCUT2D eigenvalue weighted by Gasteiger charge is 2.51. The van der Waals surface area contributed by atoms with Gasteiger partial charge in [-0.25, -0.2) is 0 Å². The SMILES string of the molecule is c1ccc2c(c1)B1c3c(cccc3C23CCNCC3)-c2cc3ccc4c5c(cc6ccc1c2c6c35)B1c2ccccc2C2(CCNCC2)c2cccc-4c21. The normalized spacial score (nSPS) is 19.0. The number of nitrogens with one attached hydrogen (secondary N) is 2. The molecule has 2 fully saturated rings. The van der Waals surface area contributed by atoms with Crippen LogP contribution in [-0.2, 0) is 10.8 Å². The summed E-state index contributed by atoms with van der Waals surface area (Å²) in [5, 5.41) is 16.0. The van der Waals surface area contributed by atoms with Crippen molar-refractivity contribution in [1.29, 1.82) is 0 Å². The summed E-state index contributed by atoms with van der Waals surface area (Å²) in [5.41, 5.74) is 21.3. The molecular weight excluding hydrogens is 650 g/mol. The molecule has 8 aromatic rings. The Kier molecular flexibility index (Phi) is 5.38. The summed E-state index contributed by atoms with van der Waals surface area (Å²) in [5.74, 6) is 0. The summed E-state index contributed by atoms with van der Waals surface area (Å²) in [4.78, 5) is 0. The summed E-state index contributed by atoms with van der Waals surface area (Å²) >= 11 is 0. The predicted molar refractivity (Wildman–Crippen MR) is 229 cm³/mol. The Hall–Kier alpha value is -5.15. The van der Waals surface area contributed by atoms with E-state index in [1.165, 1.54) is 76.4 Å². The minimum Gasteiger partial charge on any atom is -0.317 e. The maximum absolute atomic E-state index is 3.69. The fraction of sp³-hybridized carbons (Fsp3) is 0.200. The average Bonchev–Trinajstić information content (AvgIpc) is 3.24. The molecule has 2 nitrogen and oxygen atoms in total. The minimum atomic E-state index is 0.0640. The van der Waals surface area contributed by atoms with Gasteiger partial charge in [-0.05, 0) is 135 Å². The van der Waals surface area contributed by atoms with Gasteiger partial charge < -0.3 is 10.6 Å². The van der Waals surface area contributed by atoms with Gasteiger partial charge in [0.05, 0.1) is 0 Å². The zero-order chi connectivity index (χ0) is 34.9. The van der Waals surface area contributed by atoms with Crippen LogP contribution in [0.2, 0.25) is 0 Å². The lowest BCUT2D eigenvalue weighted by atomic mass is 9.28. The molecule has 8 aromatic carbocycles. The molecule has 6 heterocycles. The van der Waals surface area contributed by atoms with Crippen LogP contribution in [0.5, 0.6) is 0 Å². The molecular formula is C50H38B2N2. The molecule has 0 aliphatic carbocycles. The van der Waals surface area contributed by atoms with Crippen LogP contribution in [0.4, 0.5) is 0 Å². The van der Waals surface area contributed by atoms with Crippen molar-refractivity contribution in [1.82, 2.24) is 10.6 Å². The Balaban J connectivity index is 1.11. The van der Waals surface area contributed by atoms with Crippen molar-refractivity contribution in [3.05, 3.63) is 144 Å². The molecule has 2 N–H and O–H groups in total.